The molecule has 182 valence electrons. The number of aliphatic hydroxyl groups is 1. The van der Waals surface area contributed by atoms with Gasteiger partial charge in [0.1, 0.15) is 17.0 Å². The minimum Gasteiger partial charge on any atom is -0.495 e. The number of anilines is 1. The van der Waals surface area contributed by atoms with Crippen LogP contribution in [0.5, 0.6) is 5.75 Å². The number of para-hydroxylation sites is 1. The number of methoxy groups -OCH3 is 1. The summed E-state index contributed by atoms with van der Waals surface area (Å²) < 4.78 is 35.1. The third-order valence-electron chi connectivity index (χ3n) is 5.43. The number of aromatic nitrogens is 3. The molecule has 0 unspecified atom stereocenters. The Kier molecular flexibility index (Phi) is 6.67. The van der Waals surface area contributed by atoms with E-state index in [1.54, 1.807) is 30.3 Å². The molecular weight excluding hydrogens is 474 g/mol. The summed E-state index contributed by atoms with van der Waals surface area (Å²) in [5.41, 5.74) is 1.78. The first-order valence-corrected chi connectivity index (χ1v) is 12.0. The van der Waals surface area contributed by atoms with Crippen LogP contribution in [0.2, 0.25) is 0 Å². The summed E-state index contributed by atoms with van der Waals surface area (Å²) in [5, 5.41) is 30.4. The number of benzene rings is 3. The van der Waals surface area contributed by atoms with Crippen LogP contribution < -0.4 is 9.04 Å². The summed E-state index contributed by atoms with van der Waals surface area (Å²) in [4.78, 5) is 10.8. The number of hydrogen-bond donors (Lipinski definition) is 1. The molecule has 12 heteroatoms. The average Bonchev–Trinajstić information content (AvgIpc) is 3.25. The van der Waals surface area contributed by atoms with Crippen LogP contribution in [0.1, 0.15) is 5.56 Å². The van der Waals surface area contributed by atoms with E-state index < -0.39 is 27.6 Å². The molecule has 0 saturated heterocycles. The predicted molar refractivity (Wildman–Crippen MR) is 129 cm³/mol. The van der Waals surface area contributed by atoms with Crippen LogP contribution in [0.15, 0.2) is 71.6 Å². The van der Waals surface area contributed by atoms with Gasteiger partial charge in [-0.15, -0.1) is 5.10 Å². The quantitative estimate of drug-likeness (QED) is 0.275. The van der Waals surface area contributed by atoms with Crippen molar-refractivity contribution >= 4 is 32.4 Å². The molecule has 0 fully saturated rings. The molecule has 0 radical (unpaired) electrons. The fraction of sp³-hybridized carbons (Fsp3) is 0.217. The van der Waals surface area contributed by atoms with E-state index >= 15 is 0 Å². The first kappa shape index (κ1) is 24.1. The lowest BCUT2D eigenvalue weighted by molar-refractivity contribution is -0.384. The topological polar surface area (TPSA) is 141 Å². The second kappa shape index (κ2) is 9.68. The van der Waals surface area contributed by atoms with Crippen molar-refractivity contribution in [2.45, 2.75) is 24.5 Å². The molecule has 0 bridgehead atoms. The molecule has 35 heavy (non-hydrogen) atoms. The number of aliphatic hydroxyl groups excluding tert-OH is 1. The Morgan fingerprint density at radius 2 is 1.86 bits per heavy atom. The molecule has 11 nitrogen and oxygen atoms in total. The monoisotopic (exact) mass is 497 g/mol. The Morgan fingerprint density at radius 3 is 2.54 bits per heavy atom. The fourth-order valence-corrected chi connectivity index (χ4v) is 5.16. The zero-order valence-electron chi connectivity index (χ0n) is 19.0. The largest absolute Gasteiger partial charge is 0.495 e. The van der Waals surface area contributed by atoms with Crippen LogP contribution in [-0.4, -0.2) is 53.2 Å². The number of aryl methyl sites for hydroxylation is 1. The Morgan fingerprint density at radius 1 is 1.14 bits per heavy atom. The van der Waals surface area contributed by atoms with E-state index in [0.717, 1.165) is 15.9 Å². The van der Waals surface area contributed by atoms with Gasteiger partial charge in [-0.3, -0.25) is 14.4 Å². The van der Waals surface area contributed by atoms with Crippen molar-refractivity contribution in [3.63, 3.8) is 0 Å². The van der Waals surface area contributed by atoms with Crippen LogP contribution in [0.25, 0.3) is 11.0 Å². The van der Waals surface area contributed by atoms with Crippen LogP contribution in [0.3, 0.4) is 0 Å². The normalized spacial score (nSPS) is 12.4. The first-order valence-electron chi connectivity index (χ1n) is 10.6. The van der Waals surface area contributed by atoms with Crippen molar-refractivity contribution in [2.75, 3.05) is 18.0 Å². The molecule has 0 spiro atoms. The van der Waals surface area contributed by atoms with Gasteiger partial charge >= 0.3 is 0 Å². The van der Waals surface area contributed by atoms with E-state index in [1.807, 2.05) is 13.0 Å². The number of hydrogen-bond acceptors (Lipinski definition) is 8. The van der Waals surface area contributed by atoms with Crippen LogP contribution >= 0.6 is 0 Å². The van der Waals surface area contributed by atoms with Gasteiger partial charge in [0.2, 0.25) is 0 Å². The SMILES string of the molecule is COc1ccc([N+](=O)[O-])cc1N(C[C@H](O)Cn1nnc2ccccc21)S(=O)(=O)c1ccc(C)cc1. The predicted octanol–water partition coefficient (Wildman–Crippen LogP) is 2.91. The van der Waals surface area contributed by atoms with Crippen molar-refractivity contribution in [1.29, 1.82) is 0 Å². The Labute approximate surface area is 201 Å². The first-order chi connectivity index (χ1) is 16.7. The summed E-state index contributed by atoms with van der Waals surface area (Å²) in [7, 11) is -2.90. The van der Waals surface area contributed by atoms with Gasteiger partial charge < -0.3 is 9.84 Å². The van der Waals surface area contributed by atoms with Crippen molar-refractivity contribution in [2.24, 2.45) is 0 Å². The second-order valence-electron chi connectivity index (χ2n) is 7.88. The maximum atomic E-state index is 13.7. The Hall–Kier alpha value is -4.03. The van der Waals surface area contributed by atoms with Crippen molar-refractivity contribution < 1.29 is 23.2 Å². The molecule has 0 aliphatic carbocycles. The maximum absolute atomic E-state index is 13.7. The summed E-state index contributed by atoms with van der Waals surface area (Å²) in [6, 6.07) is 17.0. The van der Waals surface area contributed by atoms with E-state index in [-0.39, 0.29) is 28.6 Å². The zero-order chi connectivity index (χ0) is 25.2. The molecule has 1 atom stereocenters. The lowest BCUT2D eigenvalue weighted by Gasteiger charge is -2.28. The van der Waals surface area contributed by atoms with Gasteiger partial charge in [0, 0.05) is 12.1 Å². The molecule has 1 aromatic heterocycles. The number of nitro benzene ring substituents is 1. The van der Waals surface area contributed by atoms with Gasteiger partial charge in [0.25, 0.3) is 15.7 Å². The van der Waals surface area contributed by atoms with Crippen molar-refractivity contribution in [3.8, 4) is 5.75 Å². The third kappa shape index (κ3) is 4.93. The molecule has 4 aromatic rings. The maximum Gasteiger partial charge on any atom is 0.271 e. The minimum absolute atomic E-state index is 0.0323. The molecule has 0 aliphatic rings. The lowest BCUT2D eigenvalue weighted by Crippen LogP contribution is -2.39. The van der Waals surface area contributed by atoms with Crippen LogP contribution in [0, 0.1) is 17.0 Å². The third-order valence-corrected chi connectivity index (χ3v) is 7.23. The molecular formula is C23H23N5O6S. The van der Waals surface area contributed by atoms with E-state index in [2.05, 4.69) is 10.3 Å². The van der Waals surface area contributed by atoms with Gasteiger partial charge in [-0.05, 0) is 37.3 Å². The van der Waals surface area contributed by atoms with Gasteiger partial charge in [-0.25, -0.2) is 13.1 Å². The lowest BCUT2D eigenvalue weighted by atomic mass is 10.2. The van der Waals surface area contributed by atoms with Gasteiger partial charge in [-0.2, -0.15) is 0 Å². The molecule has 1 heterocycles. The zero-order valence-corrected chi connectivity index (χ0v) is 19.8. The van der Waals surface area contributed by atoms with Gasteiger partial charge in [0.15, 0.2) is 0 Å². The second-order valence-corrected chi connectivity index (χ2v) is 9.74. The highest BCUT2D eigenvalue weighted by molar-refractivity contribution is 7.92. The summed E-state index contributed by atoms with van der Waals surface area (Å²) >= 11 is 0. The van der Waals surface area contributed by atoms with E-state index in [1.165, 1.54) is 36.1 Å². The van der Waals surface area contributed by atoms with E-state index in [0.29, 0.717) is 11.0 Å². The molecule has 0 amide bonds. The summed E-state index contributed by atoms with van der Waals surface area (Å²) in [6.45, 7) is 1.35. The number of rotatable bonds is 9. The van der Waals surface area contributed by atoms with Crippen molar-refractivity contribution in [3.05, 3.63) is 82.4 Å². The Bertz CT molecular complexity index is 1470. The van der Waals surface area contributed by atoms with Gasteiger partial charge in [-0.1, -0.05) is 35.0 Å². The van der Waals surface area contributed by atoms with Crippen LogP contribution in [-0.2, 0) is 16.6 Å². The number of nitrogens with zero attached hydrogens (tertiary/aromatic N) is 5. The standard InChI is InChI=1S/C23H23N5O6S/c1-16-7-10-19(11-8-16)35(32,33)27(22-13-17(28(30)31)9-12-23(22)34-2)15-18(29)14-26-21-6-4-3-5-20(21)24-25-26/h3-13,18,29H,14-15H2,1-2H3/t18-/m1/s1. The van der Waals surface area contributed by atoms with Gasteiger partial charge in [0.05, 0.1) is 41.6 Å². The Balaban J connectivity index is 1.76. The molecule has 1 N–H and O–H groups in total. The number of nitro groups is 1. The highest BCUT2D eigenvalue weighted by Crippen LogP contribution is 2.36. The average molecular weight is 498 g/mol. The minimum atomic E-state index is -4.24. The number of fused-ring (bicyclic) bond motifs is 1. The smallest absolute Gasteiger partial charge is 0.271 e. The molecule has 0 saturated carbocycles. The molecule has 0 aliphatic heterocycles. The summed E-state index contributed by atoms with van der Waals surface area (Å²) in [6.07, 6.45) is -1.23. The highest BCUT2D eigenvalue weighted by atomic mass is 32.2. The highest BCUT2D eigenvalue weighted by Gasteiger charge is 2.31. The van der Waals surface area contributed by atoms with E-state index in [4.69, 9.17) is 4.74 Å². The van der Waals surface area contributed by atoms with Crippen molar-refractivity contribution in [1.82, 2.24) is 15.0 Å². The fourth-order valence-electron chi connectivity index (χ4n) is 3.65. The molecule has 4 rings (SSSR count). The summed E-state index contributed by atoms with van der Waals surface area (Å²) in [5.74, 6) is 0.102. The van der Waals surface area contributed by atoms with E-state index in [9.17, 15) is 23.6 Å². The van der Waals surface area contributed by atoms with Crippen LogP contribution in [0.4, 0.5) is 11.4 Å². The number of sulfonamides is 1. The molecule has 3 aromatic carbocycles. The number of non-ortho nitro benzene ring substituents is 1. The number of ether oxygens (including phenoxy) is 1.